The number of carbonyl (C=O) groups is 1. The van der Waals surface area contributed by atoms with Crippen LogP contribution >= 0.6 is 0 Å². The number of aromatic amines is 1. The zero-order chi connectivity index (χ0) is 29.3. The number of hydrogen-bond acceptors (Lipinski definition) is 5. The standard InChI is InChI=1S/C36H43N3O3/c1-4-38(5-2)22-23-42-31-15-10-28(11-16-31)26-39(21-20-30-25-37-34-9-7-6-8-32(30)34)35-18-14-29-24-27(12-17-33(29)35)13-19-36(40)41-3/h6-13,15-17,19,24-25,35,37H,4-5,14,18,20-23,26H2,1-3H3/b19-13+. The lowest BCUT2D eigenvalue weighted by molar-refractivity contribution is -0.134. The van der Waals surface area contributed by atoms with Crippen molar-refractivity contribution in [3.63, 3.8) is 0 Å². The summed E-state index contributed by atoms with van der Waals surface area (Å²) in [7, 11) is 1.40. The van der Waals surface area contributed by atoms with Crippen molar-refractivity contribution in [3.05, 3.63) is 107 Å². The molecule has 0 saturated heterocycles. The molecule has 6 heteroatoms. The van der Waals surface area contributed by atoms with Gasteiger partial charge in [-0.05, 0) is 84.4 Å². The van der Waals surface area contributed by atoms with Crippen LogP contribution in [0.5, 0.6) is 5.75 Å². The quantitative estimate of drug-likeness (QED) is 0.135. The van der Waals surface area contributed by atoms with E-state index in [4.69, 9.17) is 9.47 Å². The predicted molar refractivity (Wildman–Crippen MR) is 171 cm³/mol. The van der Waals surface area contributed by atoms with E-state index in [-0.39, 0.29) is 5.97 Å². The molecule has 0 spiro atoms. The fourth-order valence-electron chi connectivity index (χ4n) is 6.04. The first-order valence-electron chi connectivity index (χ1n) is 15.2. The lowest BCUT2D eigenvalue weighted by atomic mass is 10.0. The minimum atomic E-state index is -0.336. The van der Waals surface area contributed by atoms with Crippen LogP contribution in [-0.4, -0.2) is 60.6 Å². The number of para-hydroxylation sites is 1. The number of aromatic nitrogens is 1. The van der Waals surface area contributed by atoms with E-state index in [2.05, 4.69) is 102 Å². The molecule has 0 saturated carbocycles. The molecule has 1 N–H and O–H groups in total. The van der Waals surface area contributed by atoms with Gasteiger partial charge in [0.1, 0.15) is 12.4 Å². The van der Waals surface area contributed by atoms with Crippen LogP contribution in [0.1, 0.15) is 54.1 Å². The van der Waals surface area contributed by atoms with Crippen LogP contribution in [0.2, 0.25) is 0 Å². The Bertz CT molecular complexity index is 1490. The van der Waals surface area contributed by atoms with Gasteiger partial charge in [-0.25, -0.2) is 4.79 Å². The summed E-state index contributed by atoms with van der Waals surface area (Å²) in [6.07, 6.45) is 8.57. The molecule has 4 aromatic rings. The summed E-state index contributed by atoms with van der Waals surface area (Å²) in [6.45, 7) is 9.93. The van der Waals surface area contributed by atoms with Gasteiger partial charge in [0.2, 0.25) is 0 Å². The van der Waals surface area contributed by atoms with Crippen molar-refractivity contribution in [2.75, 3.05) is 39.9 Å². The topological polar surface area (TPSA) is 57.8 Å². The van der Waals surface area contributed by atoms with Gasteiger partial charge in [0.25, 0.3) is 0 Å². The fourth-order valence-corrected chi connectivity index (χ4v) is 6.04. The van der Waals surface area contributed by atoms with Crippen molar-refractivity contribution in [2.24, 2.45) is 0 Å². The summed E-state index contributed by atoms with van der Waals surface area (Å²) < 4.78 is 10.8. The Morgan fingerprint density at radius 1 is 1.02 bits per heavy atom. The minimum absolute atomic E-state index is 0.336. The highest BCUT2D eigenvalue weighted by molar-refractivity contribution is 5.87. The van der Waals surface area contributed by atoms with Gasteiger partial charge in [-0.3, -0.25) is 4.90 Å². The molecule has 3 aromatic carbocycles. The van der Waals surface area contributed by atoms with Gasteiger partial charge in [-0.1, -0.05) is 62.4 Å². The number of esters is 1. The molecule has 220 valence electrons. The highest BCUT2D eigenvalue weighted by Gasteiger charge is 2.28. The van der Waals surface area contributed by atoms with E-state index < -0.39 is 0 Å². The zero-order valence-electron chi connectivity index (χ0n) is 25.1. The summed E-state index contributed by atoms with van der Waals surface area (Å²) in [4.78, 5) is 20.0. The molecule has 1 aliphatic rings. The number of methoxy groups -OCH3 is 1. The summed E-state index contributed by atoms with van der Waals surface area (Å²) in [5.41, 5.74) is 7.61. The normalized spacial score (nSPS) is 14.7. The largest absolute Gasteiger partial charge is 0.492 e. The number of rotatable bonds is 14. The molecular formula is C36H43N3O3. The number of carbonyl (C=O) groups excluding carboxylic acids is 1. The molecule has 0 bridgehead atoms. The van der Waals surface area contributed by atoms with Crippen LogP contribution in [-0.2, 0) is 28.9 Å². The van der Waals surface area contributed by atoms with Crippen LogP contribution in [0, 0.1) is 0 Å². The first-order chi connectivity index (χ1) is 20.6. The maximum atomic E-state index is 11.6. The van der Waals surface area contributed by atoms with Gasteiger partial charge in [0.15, 0.2) is 0 Å². The smallest absolute Gasteiger partial charge is 0.330 e. The highest BCUT2D eigenvalue weighted by Crippen LogP contribution is 2.37. The minimum Gasteiger partial charge on any atom is -0.492 e. The number of likely N-dealkylation sites (N-methyl/N-ethyl adjacent to an activating group) is 1. The van der Waals surface area contributed by atoms with Crippen LogP contribution in [0.3, 0.4) is 0 Å². The zero-order valence-corrected chi connectivity index (χ0v) is 25.1. The Labute approximate surface area is 249 Å². The SMILES string of the molecule is CCN(CC)CCOc1ccc(CN(CCc2c[nH]c3ccccc23)C2CCc3cc(/C=C/C(=O)OC)ccc32)cc1. The maximum Gasteiger partial charge on any atom is 0.330 e. The maximum absolute atomic E-state index is 11.6. The summed E-state index contributed by atoms with van der Waals surface area (Å²) >= 11 is 0. The Balaban J connectivity index is 1.32. The van der Waals surface area contributed by atoms with E-state index in [1.165, 1.54) is 46.3 Å². The average Bonchev–Trinajstić information content (AvgIpc) is 3.65. The molecule has 1 aliphatic carbocycles. The van der Waals surface area contributed by atoms with Crippen LogP contribution in [0.25, 0.3) is 17.0 Å². The van der Waals surface area contributed by atoms with Crippen LogP contribution in [0.4, 0.5) is 0 Å². The Morgan fingerprint density at radius 3 is 2.62 bits per heavy atom. The van der Waals surface area contributed by atoms with E-state index in [1.54, 1.807) is 0 Å². The third kappa shape index (κ3) is 7.30. The van der Waals surface area contributed by atoms with Gasteiger partial charge in [0, 0.05) is 48.9 Å². The molecular weight excluding hydrogens is 522 g/mol. The molecule has 0 radical (unpaired) electrons. The molecule has 42 heavy (non-hydrogen) atoms. The fraction of sp³-hybridized carbons (Fsp3) is 0.361. The van der Waals surface area contributed by atoms with Gasteiger partial charge in [-0.15, -0.1) is 0 Å². The second-order valence-corrected chi connectivity index (χ2v) is 11.0. The number of aryl methyl sites for hydroxylation is 1. The van der Waals surface area contributed by atoms with Crippen molar-refractivity contribution < 1.29 is 14.3 Å². The van der Waals surface area contributed by atoms with E-state index >= 15 is 0 Å². The van der Waals surface area contributed by atoms with E-state index in [9.17, 15) is 4.79 Å². The van der Waals surface area contributed by atoms with Gasteiger partial charge in [-0.2, -0.15) is 0 Å². The molecule has 1 aromatic heterocycles. The van der Waals surface area contributed by atoms with Gasteiger partial charge >= 0.3 is 5.97 Å². The monoisotopic (exact) mass is 565 g/mol. The third-order valence-electron chi connectivity index (χ3n) is 8.49. The summed E-state index contributed by atoms with van der Waals surface area (Å²) in [5.74, 6) is 0.590. The van der Waals surface area contributed by atoms with E-state index in [1.807, 2.05) is 6.08 Å². The van der Waals surface area contributed by atoms with Crippen molar-refractivity contribution >= 4 is 22.9 Å². The number of fused-ring (bicyclic) bond motifs is 2. The first kappa shape index (κ1) is 29.6. The number of benzene rings is 3. The number of ether oxygens (including phenoxy) is 2. The molecule has 0 amide bonds. The number of nitrogens with one attached hydrogen (secondary N) is 1. The van der Waals surface area contributed by atoms with Crippen molar-refractivity contribution in [3.8, 4) is 5.75 Å². The molecule has 1 atom stereocenters. The second-order valence-electron chi connectivity index (χ2n) is 11.0. The Morgan fingerprint density at radius 2 is 1.83 bits per heavy atom. The van der Waals surface area contributed by atoms with Gasteiger partial charge in [0.05, 0.1) is 7.11 Å². The van der Waals surface area contributed by atoms with Crippen LogP contribution in [0.15, 0.2) is 79.0 Å². The first-order valence-corrected chi connectivity index (χ1v) is 15.2. The van der Waals surface area contributed by atoms with Crippen molar-refractivity contribution in [1.82, 2.24) is 14.8 Å². The molecule has 0 aliphatic heterocycles. The molecule has 6 nitrogen and oxygen atoms in total. The van der Waals surface area contributed by atoms with Gasteiger partial charge < -0.3 is 19.4 Å². The average molecular weight is 566 g/mol. The van der Waals surface area contributed by atoms with Crippen molar-refractivity contribution in [1.29, 1.82) is 0 Å². The van der Waals surface area contributed by atoms with E-state index in [0.29, 0.717) is 12.6 Å². The Hall–Kier alpha value is -3.87. The number of nitrogens with zero attached hydrogens (tertiary/aromatic N) is 2. The Kier molecular flexibility index (Phi) is 10.1. The molecule has 0 fully saturated rings. The number of H-pyrrole nitrogens is 1. The van der Waals surface area contributed by atoms with Crippen LogP contribution < -0.4 is 4.74 Å². The lowest BCUT2D eigenvalue weighted by Gasteiger charge is -2.30. The molecule has 1 heterocycles. The summed E-state index contributed by atoms with van der Waals surface area (Å²) in [6, 6.07) is 24.1. The lowest BCUT2D eigenvalue weighted by Crippen LogP contribution is -2.29. The molecule has 1 unspecified atom stereocenters. The summed E-state index contributed by atoms with van der Waals surface area (Å²) in [5, 5.41) is 1.30. The number of hydrogen-bond donors (Lipinski definition) is 1. The van der Waals surface area contributed by atoms with Crippen molar-refractivity contribution in [2.45, 2.75) is 45.7 Å². The molecule has 5 rings (SSSR count). The predicted octanol–water partition coefficient (Wildman–Crippen LogP) is 6.81. The van der Waals surface area contributed by atoms with E-state index in [0.717, 1.165) is 63.3 Å². The second kappa shape index (κ2) is 14.3. The highest BCUT2D eigenvalue weighted by atomic mass is 16.5. The third-order valence-corrected chi connectivity index (χ3v) is 8.49.